The van der Waals surface area contributed by atoms with Crippen LogP contribution in [0.4, 0.5) is 0 Å². The lowest BCUT2D eigenvalue weighted by Gasteiger charge is -2.33. The molecule has 0 N–H and O–H groups in total. The molecule has 1 aliphatic heterocycles. The lowest BCUT2D eigenvalue weighted by atomic mass is 9.94. The smallest absolute Gasteiger partial charge is 0.272 e. The van der Waals surface area contributed by atoms with Gasteiger partial charge in [0.2, 0.25) is 0 Å². The van der Waals surface area contributed by atoms with E-state index in [0.717, 1.165) is 43.9 Å². The average molecular weight is 328 g/mol. The first-order chi connectivity index (χ1) is 9.02. The summed E-state index contributed by atoms with van der Waals surface area (Å²) in [5, 5.41) is 4.35. The molecule has 19 heavy (non-hydrogen) atoms. The van der Waals surface area contributed by atoms with Gasteiger partial charge in [0.05, 0.1) is 5.69 Å². The molecule has 5 heteroatoms. The highest BCUT2D eigenvalue weighted by molar-refractivity contribution is 9.09. The predicted molar refractivity (Wildman–Crippen MR) is 79.7 cm³/mol. The van der Waals surface area contributed by atoms with Crippen LogP contribution in [0.25, 0.3) is 0 Å². The van der Waals surface area contributed by atoms with Crippen molar-refractivity contribution in [2.24, 2.45) is 5.92 Å². The maximum Gasteiger partial charge on any atom is 0.272 e. The molecule has 2 rings (SSSR count). The second kappa shape index (κ2) is 6.07. The summed E-state index contributed by atoms with van der Waals surface area (Å²) in [7, 11) is 0. The van der Waals surface area contributed by atoms with E-state index < -0.39 is 0 Å². The topological polar surface area (TPSA) is 38.1 Å². The SMILES string of the molecule is CCn1nc(C)cc1C(=O)N1CCC(C(C)Br)CC1. The highest BCUT2D eigenvalue weighted by Gasteiger charge is 2.27. The Balaban J connectivity index is 2.05. The second-order valence-electron chi connectivity index (χ2n) is 5.29. The molecule has 106 valence electrons. The molecule has 0 spiro atoms. The average Bonchev–Trinajstić information content (AvgIpc) is 2.79. The fourth-order valence-electron chi connectivity index (χ4n) is 2.68. The van der Waals surface area contributed by atoms with E-state index in [0.29, 0.717) is 10.7 Å². The van der Waals surface area contributed by atoms with E-state index in [1.165, 1.54) is 0 Å². The van der Waals surface area contributed by atoms with E-state index >= 15 is 0 Å². The van der Waals surface area contributed by atoms with Crippen LogP contribution in [-0.2, 0) is 6.54 Å². The van der Waals surface area contributed by atoms with Crippen molar-refractivity contribution in [2.45, 2.75) is 45.0 Å². The molecule has 0 radical (unpaired) electrons. The van der Waals surface area contributed by atoms with Gasteiger partial charge in [0.25, 0.3) is 5.91 Å². The Hall–Kier alpha value is -0.840. The zero-order valence-corrected chi connectivity index (χ0v) is 13.5. The predicted octanol–water partition coefficient (Wildman–Crippen LogP) is 2.85. The van der Waals surface area contributed by atoms with Crippen LogP contribution >= 0.6 is 15.9 Å². The number of hydrogen-bond acceptors (Lipinski definition) is 2. The minimum atomic E-state index is 0.128. The highest BCUT2D eigenvalue weighted by atomic mass is 79.9. The van der Waals surface area contributed by atoms with Crippen LogP contribution in [0.2, 0.25) is 0 Å². The molecule has 1 aromatic heterocycles. The maximum atomic E-state index is 12.5. The number of aryl methyl sites for hydroxylation is 2. The molecule has 1 aliphatic rings. The Morgan fingerprint density at radius 3 is 2.68 bits per heavy atom. The van der Waals surface area contributed by atoms with Crippen LogP contribution in [0.15, 0.2) is 6.07 Å². The van der Waals surface area contributed by atoms with Gasteiger partial charge in [-0.25, -0.2) is 0 Å². The van der Waals surface area contributed by atoms with Crippen molar-refractivity contribution in [2.75, 3.05) is 13.1 Å². The standard InChI is InChI=1S/C14H22BrN3O/c1-4-18-13(9-10(2)16-18)14(19)17-7-5-12(6-8-17)11(3)15/h9,11-12H,4-8H2,1-3H3. The van der Waals surface area contributed by atoms with Crippen molar-refractivity contribution in [1.29, 1.82) is 0 Å². The van der Waals surface area contributed by atoms with Crippen LogP contribution in [-0.4, -0.2) is 38.5 Å². The minimum absolute atomic E-state index is 0.128. The molecule has 1 saturated heterocycles. The van der Waals surface area contributed by atoms with Gasteiger partial charge in [0, 0.05) is 24.5 Å². The molecule has 1 unspecified atom stereocenters. The van der Waals surface area contributed by atoms with Crippen LogP contribution in [0.5, 0.6) is 0 Å². The largest absolute Gasteiger partial charge is 0.337 e. The van der Waals surface area contributed by atoms with Crippen LogP contribution in [0.1, 0.15) is 42.9 Å². The molecular formula is C14H22BrN3O. The first-order valence-electron chi connectivity index (χ1n) is 7.00. The van der Waals surface area contributed by atoms with E-state index in [9.17, 15) is 4.79 Å². The molecule has 1 amide bonds. The van der Waals surface area contributed by atoms with E-state index in [4.69, 9.17) is 0 Å². The quantitative estimate of drug-likeness (QED) is 0.800. The van der Waals surface area contributed by atoms with Gasteiger partial charge in [0.15, 0.2) is 0 Å². The molecule has 0 aromatic carbocycles. The van der Waals surface area contributed by atoms with Gasteiger partial charge in [-0.2, -0.15) is 5.10 Å². The van der Waals surface area contributed by atoms with Gasteiger partial charge >= 0.3 is 0 Å². The number of hydrogen-bond donors (Lipinski definition) is 0. The molecular weight excluding hydrogens is 306 g/mol. The fraction of sp³-hybridized carbons (Fsp3) is 0.714. The third-order valence-electron chi connectivity index (χ3n) is 3.90. The molecule has 1 aromatic rings. The summed E-state index contributed by atoms with van der Waals surface area (Å²) >= 11 is 3.65. The number of nitrogens with zero attached hydrogens (tertiary/aromatic N) is 3. The van der Waals surface area contributed by atoms with Crippen molar-refractivity contribution in [3.8, 4) is 0 Å². The van der Waals surface area contributed by atoms with Gasteiger partial charge in [-0.15, -0.1) is 0 Å². The number of carbonyl (C=O) groups is 1. The Morgan fingerprint density at radius 1 is 1.53 bits per heavy atom. The van der Waals surface area contributed by atoms with Gasteiger partial charge in [-0.1, -0.05) is 22.9 Å². The Bertz CT molecular complexity index is 448. The number of likely N-dealkylation sites (tertiary alicyclic amines) is 1. The fourth-order valence-corrected chi connectivity index (χ4v) is 3.21. The van der Waals surface area contributed by atoms with Gasteiger partial charge in [-0.05, 0) is 38.7 Å². The second-order valence-corrected chi connectivity index (χ2v) is 6.74. The van der Waals surface area contributed by atoms with Crippen molar-refractivity contribution in [3.63, 3.8) is 0 Å². The molecule has 0 bridgehead atoms. The zero-order chi connectivity index (χ0) is 14.0. The summed E-state index contributed by atoms with van der Waals surface area (Å²) < 4.78 is 1.80. The lowest BCUT2D eigenvalue weighted by Crippen LogP contribution is -2.40. The number of halogens is 1. The normalized spacial score (nSPS) is 18.6. The number of rotatable bonds is 3. The number of alkyl halides is 1. The molecule has 4 nitrogen and oxygen atoms in total. The molecule has 1 fully saturated rings. The van der Waals surface area contributed by atoms with Crippen molar-refractivity contribution in [1.82, 2.24) is 14.7 Å². The van der Waals surface area contributed by atoms with Gasteiger partial charge in [-0.3, -0.25) is 9.48 Å². The Morgan fingerprint density at radius 2 is 2.16 bits per heavy atom. The van der Waals surface area contributed by atoms with E-state index in [1.54, 1.807) is 4.68 Å². The number of piperidine rings is 1. The van der Waals surface area contributed by atoms with Crippen LogP contribution in [0.3, 0.4) is 0 Å². The summed E-state index contributed by atoms with van der Waals surface area (Å²) in [6, 6.07) is 1.89. The Kier molecular flexibility index (Phi) is 4.66. The number of amides is 1. The summed E-state index contributed by atoms with van der Waals surface area (Å²) in [6.07, 6.45) is 2.16. The molecule has 0 aliphatic carbocycles. The van der Waals surface area contributed by atoms with Gasteiger partial charge < -0.3 is 4.90 Å². The van der Waals surface area contributed by atoms with Crippen molar-refractivity contribution < 1.29 is 4.79 Å². The van der Waals surface area contributed by atoms with E-state index in [2.05, 4.69) is 28.0 Å². The van der Waals surface area contributed by atoms with Crippen LogP contribution < -0.4 is 0 Å². The Labute approximate surface area is 123 Å². The zero-order valence-electron chi connectivity index (χ0n) is 11.9. The van der Waals surface area contributed by atoms with Gasteiger partial charge in [0.1, 0.15) is 5.69 Å². The van der Waals surface area contributed by atoms with E-state index in [-0.39, 0.29) is 5.91 Å². The van der Waals surface area contributed by atoms with Crippen LogP contribution in [0, 0.1) is 12.8 Å². The monoisotopic (exact) mass is 327 g/mol. The minimum Gasteiger partial charge on any atom is -0.337 e. The summed E-state index contributed by atoms with van der Waals surface area (Å²) in [4.78, 5) is 15.0. The third-order valence-corrected chi connectivity index (χ3v) is 4.64. The number of aromatic nitrogens is 2. The van der Waals surface area contributed by atoms with Crippen molar-refractivity contribution in [3.05, 3.63) is 17.5 Å². The first-order valence-corrected chi connectivity index (χ1v) is 7.92. The summed E-state index contributed by atoms with van der Waals surface area (Å²) in [5.41, 5.74) is 1.64. The molecule has 0 saturated carbocycles. The lowest BCUT2D eigenvalue weighted by molar-refractivity contribution is 0.0679. The molecule has 1 atom stereocenters. The van der Waals surface area contributed by atoms with E-state index in [1.807, 2.05) is 24.8 Å². The number of carbonyl (C=O) groups excluding carboxylic acids is 1. The highest BCUT2D eigenvalue weighted by Crippen LogP contribution is 2.25. The maximum absolute atomic E-state index is 12.5. The first kappa shape index (κ1) is 14.6. The van der Waals surface area contributed by atoms with Crippen molar-refractivity contribution >= 4 is 21.8 Å². The molecule has 2 heterocycles. The summed E-state index contributed by atoms with van der Waals surface area (Å²) in [6.45, 7) is 8.59. The third kappa shape index (κ3) is 3.19. The summed E-state index contributed by atoms with van der Waals surface area (Å²) in [5.74, 6) is 0.810.